The maximum atomic E-state index is 13.0. The van der Waals surface area contributed by atoms with Crippen LogP contribution in [0.1, 0.15) is 39.4 Å². The molecule has 0 spiro atoms. The van der Waals surface area contributed by atoms with Crippen LogP contribution in [0.4, 0.5) is 0 Å². The van der Waals surface area contributed by atoms with Gasteiger partial charge in [0, 0.05) is 29.4 Å². The molecule has 2 aromatic carbocycles. The molecule has 148 valence electrons. The lowest BCUT2D eigenvalue weighted by molar-refractivity contribution is -0.135. The third-order valence-electron chi connectivity index (χ3n) is 5.28. The van der Waals surface area contributed by atoms with Gasteiger partial charge in [-0.15, -0.1) is 0 Å². The zero-order valence-electron chi connectivity index (χ0n) is 16.1. The monoisotopic (exact) mass is 399 g/mol. The van der Waals surface area contributed by atoms with Gasteiger partial charge in [0.25, 0.3) is 0 Å². The molecule has 2 aliphatic rings. The number of fused-ring (bicyclic) bond motifs is 3. The summed E-state index contributed by atoms with van der Waals surface area (Å²) in [4.78, 5) is 29.3. The van der Waals surface area contributed by atoms with Gasteiger partial charge >= 0.3 is 5.97 Å². The Morgan fingerprint density at radius 1 is 1.07 bits per heavy atom. The number of esters is 1. The Labute approximate surface area is 172 Å². The zero-order chi connectivity index (χ0) is 20.7. The first kappa shape index (κ1) is 18.1. The molecule has 5 rings (SSSR count). The predicted octanol–water partition coefficient (Wildman–Crippen LogP) is 4.15. The summed E-state index contributed by atoms with van der Waals surface area (Å²) in [5.41, 5.74) is 2.73. The van der Waals surface area contributed by atoms with Gasteiger partial charge in [0.15, 0.2) is 5.76 Å². The Morgan fingerprint density at radius 3 is 2.73 bits per heavy atom. The molecule has 0 N–H and O–H groups in total. The van der Waals surface area contributed by atoms with Crippen molar-refractivity contribution in [1.82, 2.24) is 4.98 Å². The fraction of sp³-hybridized carbons (Fsp3) is 0.125. The maximum Gasteiger partial charge on any atom is 0.312 e. The van der Waals surface area contributed by atoms with Crippen molar-refractivity contribution < 1.29 is 23.8 Å². The summed E-state index contributed by atoms with van der Waals surface area (Å²) in [7, 11) is 1.59. The van der Waals surface area contributed by atoms with Crippen LogP contribution >= 0.6 is 0 Å². The highest BCUT2D eigenvalue weighted by Gasteiger charge is 2.39. The average Bonchev–Trinajstić information content (AvgIpc) is 3.09. The molecule has 1 aromatic heterocycles. The summed E-state index contributed by atoms with van der Waals surface area (Å²) in [5.74, 6) is 0.796. The number of benzene rings is 2. The Balaban J connectivity index is 1.65. The smallest absolute Gasteiger partial charge is 0.312 e. The summed E-state index contributed by atoms with van der Waals surface area (Å²) in [6.07, 6.45) is 5.11. The highest BCUT2D eigenvalue weighted by molar-refractivity contribution is 6.15. The van der Waals surface area contributed by atoms with E-state index in [0.717, 1.165) is 11.1 Å². The van der Waals surface area contributed by atoms with Gasteiger partial charge < -0.3 is 14.2 Å². The third-order valence-corrected chi connectivity index (χ3v) is 5.28. The predicted molar refractivity (Wildman–Crippen MR) is 109 cm³/mol. The first-order valence-corrected chi connectivity index (χ1v) is 9.50. The molecule has 6 heteroatoms. The van der Waals surface area contributed by atoms with Crippen LogP contribution in [0.5, 0.6) is 17.2 Å². The number of nitrogens with zero attached hydrogens (tertiary/aromatic N) is 1. The molecule has 0 aliphatic carbocycles. The number of aromatic nitrogens is 1. The molecule has 0 saturated heterocycles. The molecule has 6 nitrogen and oxygen atoms in total. The quantitative estimate of drug-likeness (QED) is 0.374. The van der Waals surface area contributed by atoms with Crippen molar-refractivity contribution in [3.63, 3.8) is 0 Å². The molecule has 1 atom stereocenters. The van der Waals surface area contributed by atoms with Gasteiger partial charge in [0.2, 0.25) is 5.78 Å². The van der Waals surface area contributed by atoms with E-state index in [9.17, 15) is 9.59 Å². The van der Waals surface area contributed by atoms with E-state index in [1.807, 2.05) is 30.3 Å². The van der Waals surface area contributed by atoms with Crippen LogP contribution in [0.15, 0.2) is 66.7 Å². The number of Topliss-reactive ketones (excluding diaryl/α,β-unsaturated/α-hetero) is 1. The van der Waals surface area contributed by atoms with E-state index in [1.165, 1.54) is 0 Å². The second-order valence-electron chi connectivity index (χ2n) is 7.05. The number of pyridine rings is 1. The van der Waals surface area contributed by atoms with Crippen molar-refractivity contribution in [2.75, 3.05) is 7.11 Å². The normalized spacial score (nSPS) is 18.4. The molecule has 0 bridgehead atoms. The number of ketones is 1. The van der Waals surface area contributed by atoms with E-state index in [-0.39, 0.29) is 29.9 Å². The van der Waals surface area contributed by atoms with E-state index in [1.54, 1.807) is 43.8 Å². The molecule has 0 unspecified atom stereocenters. The van der Waals surface area contributed by atoms with Crippen LogP contribution in [0.2, 0.25) is 0 Å². The van der Waals surface area contributed by atoms with Crippen molar-refractivity contribution in [3.8, 4) is 17.2 Å². The fourth-order valence-corrected chi connectivity index (χ4v) is 3.94. The molecular weight excluding hydrogens is 382 g/mol. The maximum absolute atomic E-state index is 13.0. The molecule has 2 aliphatic heterocycles. The van der Waals surface area contributed by atoms with Crippen LogP contribution < -0.4 is 14.2 Å². The third kappa shape index (κ3) is 2.93. The van der Waals surface area contributed by atoms with E-state index in [2.05, 4.69) is 4.98 Å². The van der Waals surface area contributed by atoms with Crippen molar-refractivity contribution >= 4 is 17.8 Å². The Hall–Kier alpha value is -3.93. The summed E-state index contributed by atoms with van der Waals surface area (Å²) < 4.78 is 17.0. The lowest BCUT2D eigenvalue weighted by Crippen LogP contribution is -2.22. The van der Waals surface area contributed by atoms with Gasteiger partial charge in [-0.3, -0.25) is 14.6 Å². The van der Waals surface area contributed by atoms with Crippen molar-refractivity contribution in [2.45, 2.75) is 12.3 Å². The molecule has 0 fully saturated rings. The molecular formula is C24H17NO5. The number of hydrogen-bond donors (Lipinski definition) is 0. The van der Waals surface area contributed by atoms with E-state index < -0.39 is 0 Å². The highest BCUT2D eigenvalue weighted by atomic mass is 16.5. The Morgan fingerprint density at radius 2 is 1.93 bits per heavy atom. The van der Waals surface area contributed by atoms with Gasteiger partial charge in [-0.25, -0.2) is 0 Å². The minimum absolute atomic E-state index is 0.128. The lowest BCUT2D eigenvalue weighted by atomic mass is 9.84. The lowest BCUT2D eigenvalue weighted by Gasteiger charge is -2.27. The fourth-order valence-electron chi connectivity index (χ4n) is 3.94. The van der Waals surface area contributed by atoms with Gasteiger partial charge in [0.05, 0.1) is 19.1 Å². The summed E-state index contributed by atoms with van der Waals surface area (Å²) >= 11 is 0. The van der Waals surface area contributed by atoms with Crippen LogP contribution in [0.3, 0.4) is 0 Å². The van der Waals surface area contributed by atoms with Crippen molar-refractivity contribution in [1.29, 1.82) is 0 Å². The van der Waals surface area contributed by atoms with Crippen molar-refractivity contribution in [3.05, 3.63) is 88.9 Å². The minimum Gasteiger partial charge on any atom is -0.496 e. The second-order valence-corrected chi connectivity index (χ2v) is 7.05. The minimum atomic E-state index is -0.349. The van der Waals surface area contributed by atoms with Crippen molar-refractivity contribution in [2.24, 2.45) is 0 Å². The number of carbonyl (C=O) groups excluding carboxylic acids is 2. The van der Waals surface area contributed by atoms with Gasteiger partial charge in [-0.05, 0) is 35.9 Å². The number of hydrogen-bond acceptors (Lipinski definition) is 6. The first-order chi connectivity index (χ1) is 14.7. The van der Waals surface area contributed by atoms with Gasteiger partial charge in [-0.1, -0.05) is 24.3 Å². The van der Waals surface area contributed by atoms with E-state index in [0.29, 0.717) is 28.4 Å². The number of ether oxygens (including phenoxy) is 3. The van der Waals surface area contributed by atoms with Crippen LogP contribution in [-0.4, -0.2) is 23.8 Å². The average molecular weight is 399 g/mol. The number of rotatable bonds is 3. The Bertz CT molecular complexity index is 1200. The zero-order valence-corrected chi connectivity index (χ0v) is 16.1. The standard InChI is InChI=1S/C24H17NO5/c1-28-18-7-3-2-6-15(18)17-12-21(26)29-19-9-8-16-23(27)20(30-24(16)22(17)19)11-14-5-4-10-25-13-14/h2-11,13,17H,12H2,1H3/b20-11-/t17-/m1/s1. The van der Waals surface area contributed by atoms with E-state index in [4.69, 9.17) is 14.2 Å². The topological polar surface area (TPSA) is 74.7 Å². The number of carbonyl (C=O) groups is 2. The van der Waals surface area contributed by atoms with Gasteiger partial charge in [0.1, 0.15) is 17.2 Å². The number of allylic oxidation sites excluding steroid dienone is 1. The second kappa shape index (κ2) is 7.15. The molecule has 3 heterocycles. The van der Waals surface area contributed by atoms with Crippen LogP contribution in [0.25, 0.3) is 6.08 Å². The summed E-state index contributed by atoms with van der Waals surface area (Å²) in [6, 6.07) is 14.4. The summed E-state index contributed by atoms with van der Waals surface area (Å²) in [6.45, 7) is 0. The van der Waals surface area contributed by atoms with Crippen LogP contribution in [-0.2, 0) is 4.79 Å². The molecule has 0 radical (unpaired) electrons. The molecule has 30 heavy (non-hydrogen) atoms. The molecule has 3 aromatic rings. The number of para-hydroxylation sites is 1. The SMILES string of the molecule is COc1ccccc1[C@H]1CC(=O)Oc2ccc3c(c21)O/C(=C\c1cccnc1)C3=O. The molecule has 0 amide bonds. The first-order valence-electron chi connectivity index (χ1n) is 9.50. The number of methoxy groups -OCH3 is 1. The van der Waals surface area contributed by atoms with E-state index >= 15 is 0 Å². The van der Waals surface area contributed by atoms with Gasteiger partial charge in [-0.2, -0.15) is 0 Å². The summed E-state index contributed by atoms with van der Waals surface area (Å²) in [5, 5.41) is 0. The highest BCUT2D eigenvalue weighted by Crippen LogP contribution is 2.50. The van der Waals surface area contributed by atoms with Crippen LogP contribution in [0, 0.1) is 0 Å². The molecule has 0 saturated carbocycles. The largest absolute Gasteiger partial charge is 0.496 e. The Kier molecular flexibility index (Phi) is 4.32.